The molecule has 0 bridgehead atoms. The summed E-state index contributed by atoms with van der Waals surface area (Å²) in [6.07, 6.45) is 2.24. The summed E-state index contributed by atoms with van der Waals surface area (Å²) in [4.78, 5) is 10.8. The van der Waals surface area contributed by atoms with E-state index >= 15 is 0 Å². The quantitative estimate of drug-likeness (QED) is 0.494. The SMILES string of the molecule is NCCNC(=O)NC1CC1. The Morgan fingerprint density at radius 3 is 2.80 bits per heavy atom. The lowest BCUT2D eigenvalue weighted by atomic mass is 10.6. The Bertz CT molecular complexity index is 122. The third kappa shape index (κ3) is 2.68. The molecular formula is C6H13N3O. The van der Waals surface area contributed by atoms with Crippen molar-refractivity contribution >= 4 is 6.03 Å². The minimum absolute atomic E-state index is 0.0899. The van der Waals surface area contributed by atoms with E-state index in [2.05, 4.69) is 10.6 Å². The molecule has 0 spiro atoms. The highest BCUT2D eigenvalue weighted by atomic mass is 16.2. The highest BCUT2D eigenvalue weighted by Gasteiger charge is 2.22. The first-order valence-corrected chi connectivity index (χ1v) is 3.57. The highest BCUT2D eigenvalue weighted by molar-refractivity contribution is 5.74. The van der Waals surface area contributed by atoms with Gasteiger partial charge in [-0.05, 0) is 12.8 Å². The van der Waals surface area contributed by atoms with Gasteiger partial charge in [-0.15, -0.1) is 0 Å². The fraction of sp³-hybridized carbons (Fsp3) is 0.833. The Kier molecular flexibility index (Phi) is 2.50. The van der Waals surface area contributed by atoms with Crippen molar-refractivity contribution in [2.24, 2.45) is 5.73 Å². The summed E-state index contributed by atoms with van der Waals surface area (Å²) in [7, 11) is 0. The van der Waals surface area contributed by atoms with Crippen LogP contribution in [0.5, 0.6) is 0 Å². The van der Waals surface area contributed by atoms with Crippen LogP contribution in [0.1, 0.15) is 12.8 Å². The van der Waals surface area contributed by atoms with Crippen LogP contribution in [0.25, 0.3) is 0 Å². The summed E-state index contributed by atoms with van der Waals surface area (Å²) in [5.74, 6) is 0. The second-order valence-corrected chi connectivity index (χ2v) is 2.46. The lowest BCUT2D eigenvalue weighted by Crippen LogP contribution is -2.39. The number of carbonyl (C=O) groups excluding carboxylic acids is 1. The zero-order valence-corrected chi connectivity index (χ0v) is 5.89. The van der Waals surface area contributed by atoms with Crippen molar-refractivity contribution in [1.82, 2.24) is 10.6 Å². The zero-order chi connectivity index (χ0) is 7.40. The molecule has 0 saturated heterocycles. The van der Waals surface area contributed by atoms with Crippen molar-refractivity contribution in [1.29, 1.82) is 0 Å². The van der Waals surface area contributed by atoms with Crippen molar-refractivity contribution in [3.05, 3.63) is 0 Å². The summed E-state index contributed by atoms with van der Waals surface area (Å²) in [5, 5.41) is 5.41. The van der Waals surface area contributed by atoms with Gasteiger partial charge in [0.25, 0.3) is 0 Å². The Morgan fingerprint density at radius 2 is 2.30 bits per heavy atom. The van der Waals surface area contributed by atoms with Gasteiger partial charge in [0.05, 0.1) is 0 Å². The molecule has 1 saturated carbocycles. The number of urea groups is 1. The molecule has 4 N–H and O–H groups in total. The van der Waals surface area contributed by atoms with Gasteiger partial charge >= 0.3 is 6.03 Å². The number of rotatable bonds is 3. The molecule has 0 aliphatic heterocycles. The molecule has 0 heterocycles. The van der Waals surface area contributed by atoms with Gasteiger partial charge in [-0.25, -0.2) is 4.79 Å². The summed E-state index contributed by atoms with van der Waals surface area (Å²) < 4.78 is 0. The number of nitrogens with two attached hydrogens (primary N) is 1. The van der Waals surface area contributed by atoms with Gasteiger partial charge in [-0.1, -0.05) is 0 Å². The first-order valence-electron chi connectivity index (χ1n) is 3.57. The van der Waals surface area contributed by atoms with Crippen molar-refractivity contribution in [3.63, 3.8) is 0 Å². The lowest BCUT2D eigenvalue weighted by Gasteiger charge is -2.03. The number of amides is 2. The van der Waals surface area contributed by atoms with E-state index in [1.807, 2.05) is 0 Å². The van der Waals surface area contributed by atoms with Crippen LogP contribution in [-0.2, 0) is 0 Å². The van der Waals surface area contributed by atoms with E-state index in [1.165, 1.54) is 0 Å². The molecule has 58 valence electrons. The molecule has 4 heteroatoms. The van der Waals surface area contributed by atoms with E-state index in [0.29, 0.717) is 19.1 Å². The van der Waals surface area contributed by atoms with Crippen LogP contribution in [0.4, 0.5) is 4.79 Å². The zero-order valence-electron chi connectivity index (χ0n) is 5.89. The molecule has 10 heavy (non-hydrogen) atoms. The van der Waals surface area contributed by atoms with E-state index in [4.69, 9.17) is 5.73 Å². The molecule has 1 rings (SSSR count). The van der Waals surface area contributed by atoms with E-state index in [1.54, 1.807) is 0 Å². The van der Waals surface area contributed by atoms with Gasteiger partial charge in [0.15, 0.2) is 0 Å². The van der Waals surface area contributed by atoms with E-state index in [0.717, 1.165) is 12.8 Å². The molecule has 0 aromatic heterocycles. The maximum atomic E-state index is 10.8. The first kappa shape index (κ1) is 7.34. The Labute approximate surface area is 60.2 Å². The fourth-order valence-electron chi connectivity index (χ4n) is 0.650. The highest BCUT2D eigenvalue weighted by Crippen LogP contribution is 2.17. The average molecular weight is 143 g/mol. The van der Waals surface area contributed by atoms with Crippen molar-refractivity contribution in [2.45, 2.75) is 18.9 Å². The maximum absolute atomic E-state index is 10.8. The van der Waals surface area contributed by atoms with Crippen molar-refractivity contribution in [2.75, 3.05) is 13.1 Å². The van der Waals surface area contributed by atoms with Gasteiger partial charge in [0, 0.05) is 19.1 Å². The molecule has 2 amide bonds. The van der Waals surface area contributed by atoms with E-state index in [9.17, 15) is 4.79 Å². The number of nitrogens with one attached hydrogen (secondary N) is 2. The van der Waals surface area contributed by atoms with E-state index in [-0.39, 0.29) is 6.03 Å². The first-order chi connectivity index (χ1) is 4.83. The molecule has 0 radical (unpaired) electrons. The van der Waals surface area contributed by atoms with Crippen LogP contribution < -0.4 is 16.4 Å². The Hall–Kier alpha value is -0.770. The van der Waals surface area contributed by atoms with Gasteiger partial charge in [0.2, 0.25) is 0 Å². The fourth-order valence-corrected chi connectivity index (χ4v) is 0.650. The molecule has 0 atom stereocenters. The smallest absolute Gasteiger partial charge is 0.315 e. The van der Waals surface area contributed by atoms with Gasteiger partial charge in [-0.3, -0.25) is 0 Å². The summed E-state index contributed by atoms with van der Waals surface area (Å²) in [6, 6.07) is 0.339. The molecule has 1 aliphatic rings. The summed E-state index contributed by atoms with van der Waals surface area (Å²) in [6.45, 7) is 1.05. The molecule has 4 nitrogen and oxygen atoms in total. The predicted molar refractivity (Wildman–Crippen MR) is 38.6 cm³/mol. The second kappa shape index (κ2) is 3.41. The molecule has 1 fully saturated rings. The van der Waals surface area contributed by atoms with Crippen molar-refractivity contribution in [3.8, 4) is 0 Å². The Morgan fingerprint density at radius 1 is 1.60 bits per heavy atom. The normalized spacial score (nSPS) is 16.5. The van der Waals surface area contributed by atoms with Crippen molar-refractivity contribution < 1.29 is 4.79 Å². The molecule has 1 aliphatic carbocycles. The summed E-state index contributed by atoms with van der Waals surface area (Å²) >= 11 is 0. The van der Waals surface area contributed by atoms with Crippen LogP contribution in [0.3, 0.4) is 0 Å². The van der Waals surface area contributed by atoms with Crippen LogP contribution in [0, 0.1) is 0 Å². The molecule has 0 unspecified atom stereocenters. The van der Waals surface area contributed by atoms with E-state index < -0.39 is 0 Å². The molecular weight excluding hydrogens is 130 g/mol. The average Bonchev–Trinajstić information content (AvgIpc) is 2.67. The standard InChI is InChI=1S/C6H13N3O/c7-3-4-8-6(10)9-5-1-2-5/h5H,1-4,7H2,(H2,8,9,10). The third-order valence-corrected chi connectivity index (χ3v) is 1.34. The topological polar surface area (TPSA) is 67.1 Å². The number of carbonyl (C=O) groups is 1. The van der Waals surface area contributed by atoms with Gasteiger partial charge in [0.1, 0.15) is 0 Å². The molecule has 0 aromatic rings. The summed E-state index contributed by atoms with van der Waals surface area (Å²) in [5.41, 5.74) is 5.18. The van der Waals surface area contributed by atoms with Crippen LogP contribution >= 0.6 is 0 Å². The third-order valence-electron chi connectivity index (χ3n) is 1.34. The molecule has 0 aromatic carbocycles. The Balaban J connectivity index is 1.97. The predicted octanol–water partition coefficient (Wildman–Crippen LogP) is -0.593. The number of hydrogen-bond acceptors (Lipinski definition) is 2. The van der Waals surface area contributed by atoms with Gasteiger partial charge in [-0.2, -0.15) is 0 Å². The van der Waals surface area contributed by atoms with Gasteiger partial charge < -0.3 is 16.4 Å². The van der Waals surface area contributed by atoms with Crippen LogP contribution in [0.2, 0.25) is 0 Å². The van der Waals surface area contributed by atoms with Crippen LogP contribution in [-0.4, -0.2) is 25.2 Å². The minimum Gasteiger partial charge on any atom is -0.337 e. The monoisotopic (exact) mass is 143 g/mol. The largest absolute Gasteiger partial charge is 0.337 e. The maximum Gasteiger partial charge on any atom is 0.315 e. The second-order valence-electron chi connectivity index (χ2n) is 2.46. The minimum atomic E-state index is -0.0899. The number of hydrogen-bond donors (Lipinski definition) is 3. The lowest BCUT2D eigenvalue weighted by molar-refractivity contribution is 0.241. The van der Waals surface area contributed by atoms with Crippen LogP contribution in [0.15, 0.2) is 0 Å².